The minimum absolute atomic E-state index is 0.157. The molecule has 0 radical (unpaired) electrons. The van der Waals surface area contributed by atoms with E-state index in [1.54, 1.807) is 0 Å². The fourth-order valence-electron chi connectivity index (χ4n) is 3.59. The molecule has 0 spiro atoms. The molecule has 6 nitrogen and oxygen atoms in total. The van der Waals surface area contributed by atoms with Crippen LogP contribution in [0.15, 0.2) is 12.5 Å². The zero-order valence-corrected chi connectivity index (χ0v) is 18.1. The Labute approximate surface area is 163 Å². The molecule has 0 N–H and O–H groups in total. The summed E-state index contributed by atoms with van der Waals surface area (Å²) in [4.78, 5) is 25.3. The lowest BCUT2D eigenvalue weighted by atomic mass is 9.85. The zero-order chi connectivity index (χ0) is 20.9. The molecule has 1 aliphatic rings. The second kappa shape index (κ2) is 8.98. The Balaban J connectivity index is 2.74. The molecular weight excluding hydrogens is 348 g/mol. The predicted molar refractivity (Wildman–Crippen MR) is 102 cm³/mol. The first-order chi connectivity index (χ1) is 12.3. The highest BCUT2D eigenvalue weighted by Gasteiger charge is 2.57. The number of esters is 2. The lowest BCUT2D eigenvalue weighted by Gasteiger charge is -2.30. The van der Waals surface area contributed by atoms with Crippen molar-refractivity contribution in [1.82, 2.24) is 0 Å². The van der Waals surface area contributed by atoms with Crippen LogP contribution in [-0.2, 0) is 28.5 Å². The molecule has 0 aromatic rings. The van der Waals surface area contributed by atoms with E-state index in [2.05, 4.69) is 27.7 Å². The van der Waals surface area contributed by atoms with E-state index >= 15 is 0 Å². The van der Waals surface area contributed by atoms with Crippen LogP contribution in [0.2, 0.25) is 0 Å². The van der Waals surface area contributed by atoms with Crippen molar-refractivity contribution in [3.8, 4) is 0 Å². The highest BCUT2D eigenvalue weighted by molar-refractivity contribution is 6.02. The topological polar surface area (TPSA) is 71.1 Å². The third kappa shape index (κ3) is 7.07. The molecule has 0 saturated heterocycles. The SMILES string of the molecule is CC(C)CC(C)(C)COC(=O)C1(C(=O)OCC(C)(C)CC(C)C)OC=CO1. The number of hydrogen-bond acceptors (Lipinski definition) is 6. The first kappa shape index (κ1) is 23.3. The largest absolute Gasteiger partial charge is 0.459 e. The van der Waals surface area contributed by atoms with Gasteiger partial charge in [-0.2, -0.15) is 0 Å². The Hall–Kier alpha value is -1.72. The normalized spacial score (nSPS) is 16.2. The molecule has 6 heteroatoms. The molecule has 0 fully saturated rings. The van der Waals surface area contributed by atoms with Crippen LogP contribution in [0.25, 0.3) is 0 Å². The molecular formula is C21H36O6. The van der Waals surface area contributed by atoms with Crippen LogP contribution < -0.4 is 0 Å². The van der Waals surface area contributed by atoms with Gasteiger partial charge >= 0.3 is 17.7 Å². The maximum Gasteiger partial charge on any atom is 0.452 e. The van der Waals surface area contributed by atoms with Gasteiger partial charge in [-0.3, -0.25) is 0 Å². The van der Waals surface area contributed by atoms with Crippen molar-refractivity contribution in [3.05, 3.63) is 12.5 Å². The molecule has 0 amide bonds. The van der Waals surface area contributed by atoms with Gasteiger partial charge in [-0.15, -0.1) is 0 Å². The number of carbonyl (C=O) groups is 2. The Morgan fingerprint density at radius 3 is 1.44 bits per heavy atom. The van der Waals surface area contributed by atoms with Gasteiger partial charge in [-0.1, -0.05) is 55.4 Å². The van der Waals surface area contributed by atoms with Crippen LogP contribution >= 0.6 is 0 Å². The fourth-order valence-corrected chi connectivity index (χ4v) is 3.59. The molecule has 0 bridgehead atoms. The molecule has 0 aliphatic carbocycles. The van der Waals surface area contributed by atoms with Crippen LogP contribution in [0.5, 0.6) is 0 Å². The molecule has 1 rings (SSSR count). The standard InChI is InChI=1S/C21H36O6/c1-15(2)11-19(5,6)13-24-17(22)21(26-9-10-27-21)18(23)25-14-20(7,8)12-16(3)4/h9-10,15-16H,11-14H2,1-8H3. The number of hydrogen-bond donors (Lipinski definition) is 0. The molecule has 27 heavy (non-hydrogen) atoms. The van der Waals surface area contributed by atoms with Gasteiger partial charge in [0, 0.05) is 0 Å². The first-order valence-corrected chi connectivity index (χ1v) is 9.65. The molecule has 1 aliphatic heterocycles. The second-order valence-corrected chi connectivity index (χ2v) is 9.80. The lowest BCUT2D eigenvalue weighted by molar-refractivity contribution is -0.220. The quantitative estimate of drug-likeness (QED) is 0.410. The minimum Gasteiger partial charge on any atom is -0.459 e. The van der Waals surface area contributed by atoms with E-state index in [9.17, 15) is 9.59 Å². The highest BCUT2D eigenvalue weighted by Crippen LogP contribution is 2.30. The van der Waals surface area contributed by atoms with E-state index in [1.165, 1.54) is 0 Å². The molecule has 0 unspecified atom stereocenters. The number of rotatable bonds is 10. The fraction of sp³-hybridized carbons (Fsp3) is 0.810. The van der Waals surface area contributed by atoms with Crippen molar-refractivity contribution >= 4 is 11.9 Å². The summed E-state index contributed by atoms with van der Waals surface area (Å²) in [6.45, 7) is 16.8. The van der Waals surface area contributed by atoms with E-state index in [0.29, 0.717) is 11.8 Å². The Morgan fingerprint density at radius 1 is 0.815 bits per heavy atom. The van der Waals surface area contributed by atoms with Crippen molar-refractivity contribution in [2.45, 2.75) is 74.0 Å². The summed E-state index contributed by atoms with van der Waals surface area (Å²) in [6, 6.07) is 0. The summed E-state index contributed by atoms with van der Waals surface area (Å²) in [6.07, 6.45) is 4.06. The predicted octanol–water partition coefficient (Wildman–Crippen LogP) is 4.43. The molecule has 0 aromatic carbocycles. The van der Waals surface area contributed by atoms with Gasteiger partial charge in [-0.05, 0) is 35.5 Å². The lowest BCUT2D eigenvalue weighted by Crippen LogP contribution is -2.51. The Morgan fingerprint density at radius 2 is 1.15 bits per heavy atom. The molecule has 0 saturated carbocycles. The monoisotopic (exact) mass is 384 g/mol. The summed E-state index contributed by atoms with van der Waals surface area (Å²) in [5, 5.41) is 0. The van der Waals surface area contributed by atoms with Gasteiger partial charge in [0.05, 0.1) is 13.2 Å². The average molecular weight is 385 g/mol. The van der Waals surface area contributed by atoms with Crippen LogP contribution in [0.3, 0.4) is 0 Å². The van der Waals surface area contributed by atoms with Gasteiger partial charge in [0.25, 0.3) is 0 Å². The van der Waals surface area contributed by atoms with Crippen LogP contribution in [0, 0.1) is 22.7 Å². The minimum atomic E-state index is -2.21. The van der Waals surface area contributed by atoms with Gasteiger partial charge < -0.3 is 18.9 Å². The van der Waals surface area contributed by atoms with Crippen molar-refractivity contribution < 1.29 is 28.5 Å². The van der Waals surface area contributed by atoms with Crippen LogP contribution in [0.4, 0.5) is 0 Å². The summed E-state index contributed by atoms with van der Waals surface area (Å²) < 4.78 is 21.2. The van der Waals surface area contributed by atoms with Crippen molar-refractivity contribution in [2.24, 2.45) is 22.7 Å². The van der Waals surface area contributed by atoms with E-state index in [1.807, 2.05) is 27.7 Å². The zero-order valence-electron chi connectivity index (χ0n) is 18.1. The summed E-state index contributed by atoms with van der Waals surface area (Å²) >= 11 is 0. The third-order valence-corrected chi connectivity index (χ3v) is 4.17. The average Bonchev–Trinajstić information content (AvgIpc) is 2.99. The van der Waals surface area contributed by atoms with Crippen molar-refractivity contribution in [3.63, 3.8) is 0 Å². The Kier molecular flexibility index (Phi) is 7.76. The summed E-state index contributed by atoms with van der Waals surface area (Å²) in [5.74, 6) is -3.07. The molecule has 1 heterocycles. The third-order valence-electron chi connectivity index (χ3n) is 4.17. The van der Waals surface area contributed by atoms with Gasteiger partial charge in [-0.25, -0.2) is 9.59 Å². The molecule has 156 valence electrons. The number of ether oxygens (including phenoxy) is 4. The van der Waals surface area contributed by atoms with Gasteiger partial charge in [0.15, 0.2) is 0 Å². The second-order valence-electron chi connectivity index (χ2n) is 9.80. The number of carbonyl (C=O) groups excluding carboxylic acids is 2. The van der Waals surface area contributed by atoms with Crippen molar-refractivity contribution in [2.75, 3.05) is 13.2 Å². The maximum atomic E-state index is 12.6. The van der Waals surface area contributed by atoms with E-state index in [-0.39, 0.29) is 24.0 Å². The maximum absolute atomic E-state index is 12.6. The van der Waals surface area contributed by atoms with Gasteiger partial charge in [0.2, 0.25) is 0 Å². The van der Waals surface area contributed by atoms with Crippen molar-refractivity contribution in [1.29, 1.82) is 0 Å². The van der Waals surface area contributed by atoms with Crippen LogP contribution in [-0.4, -0.2) is 30.9 Å². The van der Waals surface area contributed by atoms with E-state index < -0.39 is 17.7 Å². The summed E-state index contributed by atoms with van der Waals surface area (Å²) in [7, 11) is 0. The van der Waals surface area contributed by atoms with E-state index in [0.717, 1.165) is 25.4 Å². The Bertz CT molecular complexity index is 497. The van der Waals surface area contributed by atoms with E-state index in [4.69, 9.17) is 18.9 Å². The van der Waals surface area contributed by atoms with Crippen LogP contribution in [0.1, 0.15) is 68.2 Å². The summed E-state index contributed by atoms with van der Waals surface area (Å²) in [5.41, 5.74) is -0.444. The smallest absolute Gasteiger partial charge is 0.452 e. The molecule has 0 atom stereocenters. The molecule has 0 aromatic heterocycles. The first-order valence-electron chi connectivity index (χ1n) is 9.65. The highest BCUT2D eigenvalue weighted by atomic mass is 16.8. The van der Waals surface area contributed by atoms with Gasteiger partial charge in [0.1, 0.15) is 12.5 Å².